The fourth-order valence-electron chi connectivity index (χ4n) is 2.27. The average Bonchev–Trinajstić information content (AvgIpc) is 2.68. The number of amides is 1. The molecule has 8 heteroatoms. The van der Waals surface area contributed by atoms with Gasteiger partial charge in [0, 0.05) is 5.69 Å². The lowest BCUT2D eigenvalue weighted by Gasteiger charge is -2.10. The molecule has 2 aromatic carbocycles. The molecule has 0 heterocycles. The SMILES string of the molecule is CCOc1c(Br)cc(/C=C(\C#N)C(=O)Nc2ccc(C(=O)OC)cc2)cc1Br. The van der Waals surface area contributed by atoms with Crippen molar-refractivity contribution in [3.05, 3.63) is 62.0 Å². The molecule has 2 rings (SSSR count). The van der Waals surface area contributed by atoms with Crippen molar-refractivity contribution in [2.45, 2.75) is 6.92 Å². The van der Waals surface area contributed by atoms with Gasteiger partial charge in [-0.3, -0.25) is 4.79 Å². The predicted octanol–water partition coefficient (Wildman–Crippen LogP) is 4.94. The van der Waals surface area contributed by atoms with E-state index >= 15 is 0 Å². The number of hydrogen-bond donors (Lipinski definition) is 1. The first-order valence-electron chi connectivity index (χ1n) is 8.13. The van der Waals surface area contributed by atoms with Crippen molar-refractivity contribution in [1.82, 2.24) is 0 Å². The Morgan fingerprint density at radius 3 is 2.29 bits per heavy atom. The van der Waals surface area contributed by atoms with E-state index in [1.54, 1.807) is 24.3 Å². The first-order chi connectivity index (χ1) is 13.4. The Morgan fingerprint density at radius 2 is 1.79 bits per heavy atom. The second kappa shape index (κ2) is 10.1. The molecule has 0 aliphatic heterocycles. The summed E-state index contributed by atoms with van der Waals surface area (Å²) >= 11 is 6.84. The van der Waals surface area contributed by atoms with E-state index in [9.17, 15) is 14.9 Å². The van der Waals surface area contributed by atoms with Crippen LogP contribution in [0.5, 0.6) is 5.75 Å². The van der Waals surface area contributed by atoms with Gasteiger partial charge in [0.1, 0.15) is 17.4 Å². The summed E-state index contributed by atoms with van der Waals surface area (Å²) in [5, 5.41) is 12.0. The normalized spacial score (nSPS) is 10.8. The lowest BCUT2D eigenvalue weighted by molar-refractivity contribution is -0.112. The minimum atomic E-state index is -0.561. The summed E-state index contributed by atoms with van der Waals surface area (Å²) in [6.07, 6.45) is 1.48. The van der Waals surface area contributed by atoms with Crippen LogP contribution in [0.2, 0.25) is 0 Å². The van der Waals surface area contributed by atoms with Crippen molar-refractivity contribution in [3.63, 3.8) is 0 Å². The van der Waals surface area contributed by atoms with Gasteiger partial charge in [0.2, 0.25) is 0 Å². The van der Waals surface area contributed by atoms with Gasteiger partial charge in [0.15, 0.2) is 0 Å². The van der Waals surface area contributed by atoms with E-state index in [0.717, 1.165) is 0 Å². The number of nitrogens with one attached hydrogen (secondary N) is 1. The Hall–Kier alpha value is -2.63. The zero-order chi connectivity index (χ0) is 20.7. The zero-order valence-corrected chi connectivity index (χ0v) is 18.3. The molecule has 0 aliphatic carbocycles. The topological polar surface area (TPSA) is 88.4 Å². The second-order valence-electron chi connectivity index (χ2n) is 5.44. The Morgan fingerprint density at radius 1 is 1.18 bits per heavy atom. The van der Waals surface area contributed by atoms with Gasteiger partial charge in [-0.1, -0.05) is 0 Å². The number of benzene rings is 2. The average molecular weight is 508 g/mol. The Kier molecular flexibility index (Phi) is 7.79. The van der Waals surface area contributed by atoms with Gasteiger partial charge in [-0.2, -0.15) is 5.26 Å². The molecule has 0 saturated carbocycles. The van der Waals surface area contributed by atoms with E-state index in [-0.39, 0.29) is 5.57 Å². The van der Waals surface area contributed by atoms with Gasteiger partial charge in [0.05, 0.1) is 28.2 Å². The molecule has 0 aliphatic rings. The molecule has 0 atom stereocenters. The first kappa shape index (κ1) is 21.7. The number of esters is 1. The summed E-state index contributed by atoms with van der Waals surface area (Å²) in [5.41, 5.74) is 1.39. The van der Waals surface area contributed by atoms with E-state index in [4.69, 9.17) is 4.74 Å². The van der Waals surface area contributed by atoms with Crippen molar-refractivity contribution in [1.29, 1.82) is 5.26 Å². The van der Waals surface area contributed by atoms with Crippen LogP contribution in [0.1, 0.15) is 22.8 Å². The van der Waals surface area contributed by atoms with Crippen LogP contribution in [0.3, 0.4) is 0 Å². The van der Waals surface area contributed by atoms with Gasteiger partial charge in [0.25, 0.3) is 5.91 Å². The molecule has 0 unspecified atom stereocenters. The van der Waals surface area contributed by atoms with Crippen LogP contribution in [-0.4, -0.2) is 25.6 Å². The van der Waals surface area contributed by atoms with E-state index in [0.29, 0.717) is 38.1 Å². The fraction of sp³-hybridized carbons (Fsp3) is 0.150. The van der Waals surface area contributed by atoms with Crippen molar-refractivity contribution in [3.8, 4) is 11.8 Å². The Balaban J connectivity index is 2.21. The van der Waals surface area contributed by atoms with Gasteiger partial charge in [-0.05, 0) is 86.8 Å². The maximum atomic E-state index is 12.4. The monoisotopic (exact) mass is 506 g/mol. The molecule has 6 nitrogen and oxygen atoms in total. The van der Waals surface area contributed by atoms with E-state index in [2.05, 4.69) is 41.9 Å². The van der Waals surface area contributed by atoms with Crippen molar-refractivity contribution in [2.75, 3.05) is 19.0 Å². The van der Waals surface area contributed by atoms with Crippen molar-refractivity contribution >= 4 is 55.5 Å². The highest BCUT2D eigenvalue weighted by Gasteiger charge is 2.13. The second-order valence-corrected chi connectivity index (χ2v) is 7.15. The predicted molar refractivity (Wildman–Crippen MR) is 113 cm³/mol. The number of carbonyl (C=O) groups excluding carboxylic acids is 2. The molecule has 0 saturated heterocycles. The lowest BCUT2D eigenvalue weighted by Crippen LogP contribution is -2.13. The molecule has 0 aromatic heterocycles. The number of nitrogens with zero attached hydrogens (tertiary/aromatic N) is 1. The van der Waals surface area contributed by atoms with E-state index in [1.165, 1.54) is 25.3 Å². The maximum absolute atomic E-state index is 12.4. The van der Waals surface area contributed by atoms with Crippen molar-refractivity contribution < 1.29 is 19.1 Å². The van der Waals surface area contributed by atoms with Crippen LogP contribution >= 0.6 is 31.9 Å². The minimum Gasteiger partial charge on any atom is -0.492 e. The minimum absolute atomic E-state index is 0.0694. The third kappa shape index (κ3) is 5.44. The highest BCUT2D eigenvalue weighted by atomic mass is 79.9. The number of halogens is 2. The number of hydrogen-bond acceptors (Lipinski definition) is 5. The fourth-order valence-corrected chi connectivity index (χ4v) is 3.72. The maximum Gasteiger partial charge on any atom is 0.337 e. The summed E-state index contributed by atoms with van der Waals surface area (Å²) in [5.74, 6) is -0.384. The first-order valence-corrected chi connectivity index (χ1v) is 9.71. The summed E-state index contributed by atoms with van der Waals surface area (Å²) in [6, 6.07) is 11.6. The Bertz CT molecular complexity index is 940. The van der Waals surface area contributed by atoms with E-state index < -0.39 is 11.9 Å². The third-order valence-electron chi connectivity index (χ3n) is 3.55. The van der Waals surface area contributed by atoms with Crippen molar-refractivity contribution in [2.24, 2.45) is 0 Å². The van der Waals surface area contributed by atoms with Gasteiger partial charge in [-0.25, -0.2) is 4.79 Å². The quantitative estimate of drug-likeness (QED) is 0.339. The molecular formula is C20H16Br2N2O4. The highest BCUT2D eigenvalue weighted by molar-refractivity contribution is 9.11. The molecule has 28 heavy (non-hydrogen) atoms. The number of methoxy groups -OCH3 is 1. The number of ether oxygens (including phenoxy) is 2. The van der Waals surface area contributed by atoms with Crippen LogP contribution in [0.25, 0.3) is 6.08 Å². The standard InChI is InChI=1S/C20H16Br2N2O4/c1-3-28-18-16(21)9-12(10-17(18)22)8-14(11-23)19(25)24-15-6-4-13(5-7-15)20(26)27-2/h4-10H,3H2,1-2H3,(H,24,25)/b14-8+. The number of carbonyl (C=O) groups is 2. The van der Waals surface area contributed by atoms with E-state index in [1.807, 2.05) is 13.0 Å². The molecule has 2 aromatic rings. The zero-order valence-electron chi connectivity index (χ0n) is 15.1. The molecule has 144 valence electrons. The summed E-state index contributed by atoms with van der Waals surface area (Å²) in [7, 11) is 1.29. The summed E-state index contributed by atoms with van der Waals surface area (Å²) in [4.78, 5) is 23.9. The molecule has 0 spiro atoms. The van der Waals surface area contributed by atoms with Crippen LogP contribution in [0.4, 0.5) is 5.69 Å². The summed E-state index contributed by atoms with van der Waals surface area (Å²) in [6.45, 7) is 2.38. The smallest absolute Gasteiger partial charge is 0.337 e. The molecule has 1 amide bonds. The molecule has 0 bridgehead atoms. The number of anilines is 1. The molecule has 1 N–H and O–H groups in total. The third-order valence-corrected chi connectivity index (χ3v) is 4.73. The van der Waals surface area contributed by atoms with Gasteiger partial charge < -0.3 is 14.8 Å². The van der Waals surface area contributed by atoms with Crippen LogP contribution in [0, 0.1) is 11.3 Å². The molecular weight excluding hydrogens is 492 g/mol. The van der Waals surface area contributed by atoms with Gasteiger partial charge >= 0.3 is 5.97 Å². The van der Waals surface area contributed by atoms with Crippen LogP contribution < -0.4 is 10.1 Å². The van der Waals surface area contributed by atoms with Crippen LogP contribution in [0.15, 0.2) is 50.9 Å². The summed E-state index contributed by atoms with van der Waals surface area (Å²) < 4.78 is 11.6. The molecule has 0 fully saturated rings. The van der Waals surface area contributed by atoms with Crippen LogP contribution in [-0.2, 0) is 9.53 Å². The highest BCUT2D eigenvalue weighted by Crippen LogP contribution is 2.35. The van der Waals surface area contributed by atoms with Gasteiger partial charge in [-0.15, -0.1) is 0 Å². The molecule has 0 radical (unpaired) electrons. The largest absolute Gasteiger partial charge is 0.492 e. The Labute approximate surface area is 179 Å². The number of rotatable bonds is 6. The lowest BCUT2D eigenvalue weighted by atomic mass is 10.1. The number of nitriles is 1.